The first kappa shape index (κ1) is 7.26. The molecule has 0 radical (unpaired) electrons. The van der Waals surface area contributed by atoms with Crippen molar-refractivity contribution < 1.29 is 4.39 Å². The Hall–Kier alpha value is -1.40. The van der Waals surface area contributed by atoms with Gasteiger partial charge in [0.2, 0.25) is 0 Å². The van der Waals surface area contributed by atoms with E-state index in [2.05, 4.69) is 10.9 Å². The lowest BCUT2D eigenvalue weighted by Gasteiger charge is -1.92. The molecule has 0 saturated carbocycles. The third-order valence-corrected chi connectivity index (χ3v) is 2.33. The van der Waals surface area contributed by atoms with E-state index in [4.69, 9.17) is 6.42 Å². The van der Waals surface area contributed by atoms with Crippen molar-refractivity contribution in [3.05, 3.63) is 29.0 Å². The number of rotatable bonds is 0. The lowest BCUT2D eigenvalue weighted by molar-refractivity contribution is 0.629. The van der Waals surface area contributed by atoms with Crippen molar-refractivity contribution in [2.24, 2.45) is 0 Å². The number of benzene rings is 1. The first-order valence-electron chi connectivity index (χ1n) is 3.30. The number of aromatic nitrogens is 1. The molecule has 3 heteroatoms. The summed E-state index contributed by atoms with van der Waals surface area (Å²) in [5.41, 5.74) is 2.89. The van der Waals surface area contributed by atoms with E-state index in [0.29, 0.717) is 11.1 Å². The van der Waals surface area contributed by atoms with E-state index in [1.807, 2.05) is 0 Å². The van der Waals surface area contributed by atoms with E-state index in [-0.39, 0.29) is 5.82 Å². The molecule has 12 heavy (non-hydrogen) atoms. The van der Waals surface area contributed by atoms with Crippen molar-refractivity contribution in [3.8, 4) is 12.3 Å². The highest BCUT2D eigenvalue weighted by molar-refractivity contribution is 7.16. The molecule has 2 aromatic rings. The molecular formula is C9H4FNS. The number of nitrogens with zero attached hydrogens (tertiary/aromatic N) is 1. The molecule has 2 rings (SSSR count). The van der Waals surface area contributed by atoms with Crippen LogP contribution in [0.25, 0.3) is 10.2 Å². The number of terminal acetylenes is 1. The van der Waals surface area contributed by atoms with Crippen molar-refractivity contribution in [1.29, 1.82) is 0 Å². The SMILES string of the molecule is C#Cc1cc(F)cc2scnc12. The van der Waals surface area contributed by atoms with Crippen molar-refractivity contribution in [3.63, 3.8) is 0 Å². The van der Waals surface area contributed by atoms with Gasteiger partial charge in [0.15, 0.2) is 0 Å². The van der Waals surface area contributed by atoms with Gasteiger partial charge in [-0.15, -0.1) is 17.8 Å². The van der Waals surface area contributed by atoms with E-state index < -0.39 is 0 Å². The van der Waals surface area contributed by atoms with E-state index in [9.17, 15) is 4.39 Å². The molecule has 0 saturated heterocycles. The largest absolute Gasteiger partial charge is 0.243 e. The molecule has 0 aliphatic carbocycles. The lowest BCUT2D eigenvalue weighted by Crippen LogP contribution is -1.80. The number of thiazole rings is 1. The second-order valence-electron chi connectivity index (χ2n) is 2.30. The summed E-state index contributed by atoms with van der Waals surface area (Å²) in [6, 6.07) is 2.76. The van der Waals surface area contributed by atoms with Gasteiger partial charge in [-0.1, -0.05) is 5.92 Å². The van der Waals surface area contributed by atoms with Crippen LogP contribution in [0, 0.1) is 18.2 Å². The molecule has 1 nitrogen and oxygen atoms in total. The van der Waals surface area contributed by atoms with Crippen molar-refractivity contribution >= 4 is 21.6 Å². The summed E-state index contributed by atoms with van der Waals surface area (Å²) in [6.45, 7) is 0. The summed E-state index contributed by atoms with van der Waals surface area (Å²) >= 11 is 1.38. The maximum atomic E-state index is 12.8. The van der Waals surface area contributed by atoms with E-state index >= 15 is 0 Å². The van der Waals surface area contributed by atoms with Crippen molar-refractivity contribution in [1.82, 2.24) is 4.98 Å². The maximum absolute atomic E-state index is 12.8. The van der Waals surface area contributed by atoms with Crippen LogP contribution in [0.5, 0.6) is 0 Å². The van der Waals surface area contributed by atoms with Crippen LogP contribution in [0.4, 0.5) is 4.39 Å². The third-order valence-electron chi connectivity index (χ3n) is 1.56. The molecule has 58 valence electrons. The average molecular weight is 177 g/mol. The molecule has 0 aliphatic rings. The Kier molecular flexibility index (Phi) is 1.56. The topological polar surface area (TPSA) is 12.9 Å². The Bertz CT molecular complexity index is 467. The molecule has 0 atom stereocenters. The van der Waals surface area contributed by atoms with Crippen molar-refractivity contribution in [2.75, 3.05) is 0 Å². The molecule has 0 aliphatic heterocycles. The Morgan fingerprint density at radius 3 is 3.08 bits per heavy atom. The van der Waals surface area contributed by atoms with Crippen LogP contribution in [0.2, 0.25) is 0 Å². The predicted molar refractivity (Wildman–Crippen MR) is 47.5 cm³/mol. The summed E-state index contributed by atoms with van der Waals surface area (Å²) in [4.78, 5) is 4.04. The Morgan fingerprint density at radius 2 is 2.33 bits per heavy atom. The first-order chi connectivity index (χ1) is 5.81. The van der Waals surface area contributed by atoms with Gasteiger partial charge in [0, 0.05) is 0 Å². The second-order valence-corrected chi connectivity index (χ2v) is 3.18. The Balaban J connectivity index is 2.91. The van der Waals surface area contributed by atoms with E-state index in [1.165, 1.54) is 23.5 Å². The molecule has 0 amide bonds. The molecule has 1 heterocycles. The molecule has 0 spiro atoms. The standard InChI is InChI=1S/C9H4FNS/c1-2-6-3-7(10)4-8-9(6)11-5-12-8/h1,3-5H. The van der Waals surface area contributed by atoms with Gasteiger partial charge in [0.1, 0.15) is 5.82 Å². The Labute approximate surface area is 72.9 Å². The molecule has 0 unspecified atom stereocenters. The van der Waals surface area contributed by atoms with Crippen LogP contribution < -0.4 is 0 Å². The van der Waals surface area contributed by atoms with Gasteiger partial charge in [-0.3, -0.25) is 0 Å². The van der Waals surface area contributed by atoms with Gasteiger partial charge in [-0.25, -0.2) is 9.37 Å². The van der Waals surface area contributed by atoms with Crippen LogP contribution in [0.3, 0.4) is 0 Å². The average Bonchev–Trinajstić information content (AvgIpc) is 2.50. The zero-order valence-corrected chi connectivity index (χ0v) is 6.86. The fraction of sp³-hybridized carbons (Fsp3) is 0. The summed E-state index contributed by atoms with van der Waals surface area (Å²) < 4.78 is 13.6. The van der Waals surface area contributed by atoms with Gasteiger partial charge < -0.3 is 0 Å². The smallest absolute Gasteiger partial charge is 0.126 e. The third kappa shape index (κ3) is 0.973. The highest BCUT2D eigenvalue weighted by Crippen LogP contribution is 2.22. The summed E-state index contributed by atoms with van der Waals surface area (Å²) in [5, 5.41) is 0. The number of halogens is 1. The van der Waals surface area contributed by atoms with Crippen LogP contribution >= 0.6 is 11.3 Å². The normalized spacial score (nSPS) is 10.0. The van der Waals surface area contributed by atoms with Crippen LogP contribution in [-0.2, 0) is 0 Å². The summed E-state index contributed by atoms with van der Waals surface area (Å²) in [7, 11) is 0. The molecule has 0 N–H and O–H groups in total. The zero-order valence-electron chi connectivity index (χ0n) is 6.04. The van der Waals surface area contributed by atoms with Gasteiger partial charge in [-0.05, 0) is 12.1 Å². The minimum absolute atomic E-state index is 0.306. The Morgan fingerprint density at radius 1 is 1.50 bits per heavy atom. The van der Waals surface area contributed by atoms with Gasteiger partial charge in [0.25, 0.3) is 0 Å². The van der Waals surface area contributed by atoms with Crippen LogP contribution in [-0.4, -0.2) is 4.98 Å². The fourth-order valence-corrected chi connectivity index (χ4v) is 1.77. The van der Waals surface area contributed by atoms with Gasteiger partial charge in [0.05, 0.1) is 21.3 Å². The minimum Gasteiger partial charge on any atom is -0.243 e. The zero-order chi connectivity index (χ0) is 8.55. The maximum Gasteiger partial charge on any atom is 0.126 e. The van der Waals surface area contributed by atoms with Crippen molar-refractivity contribution in [2.45, 2.75) is 0 Å². The molecule has 0 bridgehead atoms. The molecule has 1 aromatic heterocycles. The number of hydrogen-bond acceptors (Lipinski definition) is 2. The van der Waals surface area contributed by atoms with Gasteiger partial charge >= 0.3 is 0 Å². The molecular weight excluding hydrogens is 173 g/mol. The fourth-order valence-electron chi connectivity index (χ4n) is 1.04. The predicted octanol–water partition coefficient (Wildman–Crippen LogP) is 2.42. The highest BCUT2D eigenvalue weighted by atomic mass is 32.1. The quantitative estimate of drug-likeness (QED) is 0.563. The van der Waals surface area contributed by atoms with Gasteiger partial charge in [-0.2, -0.15) is 0 Å². The monoisotopic (exact) mass is 177 g/mol. The minimum atomic E-state index is -0.306. The summed E-state index contributed by atoms with van der Waals surface area (Å²) in [6.07, 6.45) is 5.19. The number of fused-ring (bicyclic) bond motifs is 1. The first-order valence-corrected chi connectivity index (χ1v) is 4.18. The molecule has 0 fully saturated rings. The van der Waals surface area contributed by atoms with E-state index in [1.54, 1.807) is 5.51 Å². The summed E-state index contributed by atoms with van der Waals surface area (Å²) in [5.74, 6) is 2.10. The van der Waals surface area contributed by atoms with Crippen LogP contribution in [0.1, 0.15) is 5.56 Å². The highest BCUT2D eigenvalue weighted by Gasteiger charge is 2.03. The lowest BCUT2D eigenvalue weighted by atomic mass is 10.2. The second kappa shape index (κ2) is 2.58. The molecule has 1 aromatic carbocycles. The van der Waals surface area contributed by atoms with E-state index in [0.717, 1.165) is 4.70 Å². The number of hydrogen-bond donors (Lipinski definition) is 0. The van der Waals surface area contributed by atoms with Crippen LogP contribution in [0.15, 0.2) is 17.6 Å².